The lowest BCUT2D eigenvalue weighted by atomic mass is 10.0. The third-order valence-electron chi connectivity index (χ3n) is 10.5. The van der Waals surface area contributed by atoms with Gasteiger partial charge in [0.1, 0.15) is 13.2 Å². The predicted octanol–water partition coefficient (Wildman–Crippen LogP) is 16.3. The van der Waals surface area contributed by atoms with E-state index in [4.69, 9.17) is 14.2 Å². The van der Waals surface area contributed by atoms with Crippen LogP contribution in [-0.2, 0) is 28.6 Å². The lowest BCUT2D eigenvalue weighted by Gasteiger charge is -2.18. The highest BCUT2D eigenvalue weighted by molar-refractivity contribution is 5.72. The fraction of sp³-hybridized carbons (Fsp3) is 0.722. The summed E-state index contributed by atoms with van der Waals surface area (Å²) in [5.41, 5.74) is 0. The van der Waals surface area contributed by atoms with Crippen LogP contribution in [0.2, 0.25) is 0 Å². The molecule has 6 nitrogen and oxygen atoms in total. The molecular weight excluding hydrogens is 745 g/mol. The Bertz CT molecular complexity index is 1140. The van der Waals surface area contributed by atoms with Crippen molar-refractivity contribution in [3.63, 3.8) is 0 Å². The highest BCUT2D eigenvalue weighted by Crippen LogP contribution is 2.15. The Morgan fingerprint density at radius 3 is 1.23 bits per heavy atom. The topological polar surface area (TPSA) is 78.9 Å². The molecule has 0 heterocycles. The maximum atomic E-state index is 12.8. The van der Waals surface area contributed by atoms with Gasteiger partial charge in [0, 0.05) is 12.8 Å². The minimum absolute atomic E-state index is 0.112. The van der Waals surface area contributed by atoms with E-state index in [9.17, 15) is 14.4 Å². The molecule has 0 saturated heterocycles. The standard InChI is InChI=1S/C54H92O6/c1-4-7-10-13-16-19-21-23-25-26-27-29-30-32-35-38-41-44-47-53(56)59-50-51(49-58-52(55)46-43-40-37-34-18-15-12-9-6-3)60-54(57)48-45-42-39-36-33-31-28-24-22-20-17-14-11-8-5-2/h9,12,18,21,23,25-27,29,34,40,43,51H,4-8,10-11,13-17,19-20,22,24,28,30-33,35-39,41-42,44-50H2,1-3H3/b12-9-,23-21-,26-25-,29-27-,34-18-,43-40-. The summed E-state index contributed by atoms with van der Waals surface area (Å²) >= 11 is 0. The molecule has 0 bridgehead atoms. The average molecular weight is 837 g/mol. The van der Waals surface area contributed by atoms with E-state index in [1.54, 1.807) is 6.08 Å². The summed E-state index contributed by atoms with van der Waals surface area (Å²) in [7, 11) is 0. The van der Waals surface area contributed by atoms with Gasteiger partial charge in [0.2, 0.25) is 0 Å². The van der Waals surface area contributed by atoms with E-state index in [1.165, 1.54) is 109 Å². The molecule has 0 spiro atoms. The van der Waals surface area contributed by atoms with Crippen molar-refractivity contribution in [2.24, 2.45) is 0 Å². The van der Waals surface area contributed by atoms with E-state index in [2.05, 4.69) is 81.5 Å². The SMILES string of the molecule is CC/C=C\C/C=C\C/C=C\CC(=O)OCC(COC(=O)CCCCCCC\C=C/C=C\C=C/CCCCCCC)OC(=O)CCCCCCCCCCCCCCCCC. The number of ether oxygens (including phenoxy) is 3. The Labute approximate surface area is 370 Å². The summed E-state index contributed by atoms with van der Waals surface area (Å²) in [6.45, 7) is 6.39. The zero-order valence-corrected chi connectivity index (χ0v) is 39.2. The van der Waals surface area contributed by atoms with Crippen molar-refractivity contribution in [1.29, 1.82) is 0 Å². The summed E-state index contributed by atoms with van der Waals surface area (Å²) < 4.78 is 16.6. The molecule has 0 aromatic carbocycles. The van der Waals surface area contributed by atoms with Crippen molar-refractivity contribution in [3.8, 4) is 0 Å². The molecule has 0 N–H and O–H groups in total. The molecule has 0 aromatic rings. The average Bonchev–Trinajstić information content (AvgIpc) is 3.24. The van der Waals surface area contributed by atoms with Crippen LogP contribution in [-0.4, -0.2) is 37.2 Å². The van der Waals surface area contributed by atoms with Crippen LogP contribution in [0.1, 0.15) is 233 Å². The Balaban J connectivity index is 4.41. The molecule has 0 radical (unpaired) electrons. The quantitative estimate of drug-likeness (QED) is 0.0200. The zero-order chi connectivity index (χ0) is 43.7. The highest BCUT2D eigenvalue weighted by atomic mass is 16.6. The summed E-state index contributed by atoms with van der Waals surface area (Å²) in [5.74, 6) is -1.06. The molecule has 60 heavy (non-hydrogen) atoms. The van der Waals surface area contributed by atoms with Gasteiger partial charge in [-0.2, -0.15) is 0 Å². The maximum Gasteiger partial charge on any atom is 0.309 e. The van der Waals surface area contributed by atoms with Gasteiger partial charge in [0.15, 0.2) is 6.10 Å². The second kappa shape index (κ2) is 48.5. The van der Waals surface area contributed by atoms with Crippen LogP contribution in [0.15, 0.2) is 72.9 Å². The third kappa shape index (κ3) is 45.9. The molecule has 0 fully saturated rings. The monoisotopic (exact) mass is 837 g/mol. The highest BCUT2D eigenvalue weighted by Gasteiger charge is 2.19. The number of allylic oxidation sites excluding steroid dienone is 11. The molecule has 0 rings (SSSR count). The van der Waals surface area contributed by atoms with Gasteiger partial charge in [-0.1, -0.05) is 229 Å². The minimum Gasteiger partial charge on any atom is -0.462 e. The summed E-state index contributed by atoms with van der Waals surface area (Å²) in [4.78, 5) is 37.8. The lowest BCUT2D eigenvalue weighted by Crippen LogP contribution is -2.30. The van der Waals surface area contributed by atoms with Crippen molar-refractivity contribution in [2.45, 2.75) is 239 Å². The second-order valence-corrected chi connectivity index (χ2v) is 16.4. The lowest BCUT2D eigenvalue weighted by molar-refractivity contribution is -0.166. The molecular formula is C54H92O6. The van der Waals surface area contributed by atoms with Crippen molar-refractivity contribution in [2.75, 3.05) is 13.2 Å². The molecule has 1 atom stereocenters. The van der Waals surface area contributed by atoms with Crippen LogP contribution in [0.4, 0.5) is 0 Å². The molecule has 344 valence electrons. The summed E-state index contributed by atoms with van der Waals surface area (Å²) in [6.07, 6.45) is 60.6. The van der Waals surface area contributed by atoms with E-state index >= 15 is 0 Å². The Morgan fingerprint density at radius 2 is 0.767 bits per heavy atom. The Hall–Kier alpha value is -3.15. The summed E-state index contributed by atoms with van der Waals surface area (Å²) in [6, 6.07) is 0. The van der Waals surface area contributed by atoms with Gasteiger partial charge in [-0.3, -0.25) is 14.4 Å². The Kier molecular flexibility index (Phi) is 46.0. The molecule has 0 amide bonds. The first-order valence-corrected chi connectivity index (χ1v) is 25.0. The largest absolute Gasteiger partial charge is 0.462 e. The van der Waals surface area contributed by atoms with Gasteiger partial charge in [-0.15, -0.1) is 0 Å². The summed E-state index contributed by atoms with van der Waals surface area (Å²) in [5, 5.41) is 0. The Morgan fingerprint density at radius 1 is 0.383 bits per heavy atom. The fourth-order valence-electron chi connectivity index (χ4n) is 6.80. The number of unbranched alkanes of at least 4 members (excludes halogenated alkanes) is 24. The van der Waals surface area contributed by atoms with Crippen molar-refractivity contribution >= 4 is 17.9 Å². The van der Waals surface area contributed by atoms with Crippen LogP contribution in [0.25, 0.3) is 0 Å². The number of carbonyl (C=O) groups excluding carboxylic acids is 3. The number of carbonyl (C=O) groups is 3. The van der Waals surface area contributed by atoms with E-state index in [0.29, 0.717) is 12.8 Å². The molecule has 6 heteroatoms. The number of rotatable bonds is 44. The zero-order valence-electron chi connectivity index (χ0n) is 39.2. The number of esters is 3. The van der Waals surface area contributed by atoms with Crippen molar-refractivity contribution in [3.05, 3.63) is 72.9 Å². The fourth-order valence-corrected chi connectivity index (χ4v) is 6.80. The van der Waals surface area contributed by atoms with E-state index in [1.807, 2.05) is 6.08 Å². The van der Waals surface area contributed by atoms with E-state index in [0.717, 1.165) is 83.5 Å². The number of hydrogen-bond acceptors (Lipinski definition) is 6. The van der Waals surface area contributed by atoms with Gasteiger partial charge in [0.25, 0.3) is 0 Å². The van der Waals surface area contributed by atoms with Gasteiger partial charge in [-0.25, -0.2) is 0 Å². The minimum atomic E-state index is -0.816. The molecule has 0 aliphatic rings. The first kappa shape index (κ1) is 56.9. The predicted molar refractivity (Wildman–Crippen MR) is 256 cm³/mol. The van der Waals surface area contributed by atoms with Gasteiger partial charge < -0.3 is 14.2 Å². The molecule has 0 aliphatic heterocycles. The first-order chi connectivity index (χ1) is 29.5. The van der Waals surface area contributed by atoms with Crippen LogP contribution in [0.3, 0.4) is 0 Å². The molecule has 0 saturated carbocycles. The van der Waals surface area contributed by atoms with Gasteiger partial charge in [-0.05, 0) is 57.8 Å². The van der Waals surface area contributed by atoms with Crippen LogP contribution in [0.5, 0.6) is 0 Å². The molecule has 1 unspecified atom stereocenters. The normalized spacial score (nSPS) is 12.7. The molecule has 0 aliphatic carbocycles. The van der Waals surface area contributed by atoms with Crippen LogP contribution < -0.4 is 0 Å². The molecule has 0 aromatic heterocycles. The van der Waals surface area contributed by atoms with Crippen LogP contribution >= 0.6 is 0 Å². The van der Waals surface area contributed by atoms with Gasteiger partial charge >= 0.3 is 17.9 Å². The van der Waals surface area contributed by atoms with Crippen LogP contribution in [0, 0.1) is 0 Å². The van der Waals surface area contributed by atoms with Crippen molar-refractivity contribution < 1.29 is 28.6 Å². The third-order valence-corrected chi connectivity index (χ3v) is 10.5. The van der Waals surface area contributed by atoms with E-state index < -0.39 is 12.1 Å². The first-order valence-electron chi connectivity index (χ1n) is 25.0. The van der Waals surface area contributed by atoms with E-state index in [-0.39, 0.29) is 31.6 Å². The maximum absolute atomic E-state index is 12.8. The smallest absolute Gasteiger partial charge is 0.309 e. The second-order valence-electron chi connectivity index (χ2n) is 16.4. The van der Waals surface area contributed by atoms with Gasteiger partial charge in [0.05, 0.1) is 6.42 Å². The van der Waals surface area contributed by atoms with Crippen molar-refractivity contribution in [1.82, 2.24) is 0 Å². The number of hydrogen-bond donors (Lipinski definition) is 0.